The van der Waals surface area contributed by atoms with Crippen LogP contribution in [0.25, 0.3) is 0 Å². The number of amides is 1. The number of halogens is 1. The molecular weight excluding hydrogens is 249 g/mol. The molecule has 0 bridgehead atoms. The summed E-state index contributed by atoms with van der Waals surface area (Å²) in [5.41, 5.74) is 0.712. The largest absolute Gasteiger partial charge is 0.478 e. The van der Waals surface area contributed by atoms with Gasteiger partial charge in [0, 0.05) is 12.1 Å². The highest BCUT2D eigenvalue weighted by atomic mass is 19.1. The molecule has 1 unspecified atom stereocenters. The second-order valence-electron chi connectivity index (χ2n) is 4.33. The van der Waals surface area contributed by atoms with Gasteiger partial charge in [-0.3, -0.25) is 4.79 Å². The molecule has 0 aliphatic rings. The first-order valence-corrected chi connectivity index (χ1v) is 6.30. The van der Waals surface area contributed by atoms with E-state index in [-0.39, 0.29) is 17.9 Å². The first kappa shape index (κ1) is 15.1. The molecule has 104 valence electrons. The molecule has 2 N–H and O–H groups in total. The van der Waals surface area contributed by atoms with Gasteiger partial charge in [-0.25, -0.2) is 9.18 Å². The summed E-state index contributed by atoms with van der Waals surface area (Å²) in [5, 5.41) is 11.4. The van der Waals surface area contributed by atoms with Crippen LogP contribution in [0.15, 0.2) is 24.3 Å². The number of benzene rings is 1. The molecule has 0 heterocycles. The molecule has 19 heavy (non-hydrogen) atoms. The summed E-state index contributed by atoms with van der Waals surface area (Å²) in [6, 6.07) is 5.91. The lowest BCUT2D eigenvalue weighted by Crippen LogP contribution is -2.12. The van der Waals surface area contributed by atoms with Crippen LogP contribution in [0, 0.1) is 0 Å². The van der Waals surface area contributed by atoms with E-state index < -0.39 is 12.1 Å². The quantitative estimate of drug-likeness (QED) is 0.797. The van der Waals surface area contributed by atoms with Gasteiger partial charge in [-0.05, 0) is 43.5 Å². The van der Waals surface area contributed by atoms with Gasteiger partial charge in [0.1, 0.15) is 0 Å². The molecular formula is C14H18FNO3. The monoisotopic (exact) mass is 267 g/mol. The molecule has 4 nitrogen and oxygen atoms in total. The summed E-state index contributed by atoms with van der Waals surface area (Å²) in [6.07, 6.45) is 0.789. The van der Waals surface area contributed by atoms with Crippen molar-refractivity contribution in [3.63, 3.8) is 0 Å². The molecule has 0 radical (unpaired) electrons. The second kappa shape index (κ2) is 7.51. The lowest BCUT2D eigenvalue weighted by Gasteiger charge is -2.07. The number of alkyl halides is 1. The molecule has 0 aliphatic heterocycles. The van der Waals surface area contributed by atoms with E-state index in [1.807, 2.05) is 0 Å². The Kier molecular flexibility index (Phi) is 5.99. The number of carboxylic acids is 1. The number of carbonyl (C=O) groups excluding carboxylic acids is 1. The van der Waals surface area contributed by atoms with Crippen molar-refractivity contribution in [3.05, 3.63) is 29.8 Å². The molecule has 1 rings (SSSR count). The van der Waals surface area contributed by atoms with E-state index in [1.165, 1.54) is 24.3 Å². The van der Waals surface area contributed by atoms with Crippen LogP contribution in [-0.2, 0) is 4.79 Å². The SMILES string of the molecule is CCC(F)CCCC(=O)Nc1ccc(C(=O)O)cc1. The Morgan fingerprint density at radius 2 is 1.95 bits per heavy atom. The minimum absolute atomic E-state index is 0.168. The average molecular weight is 267 g/mol. The van der Waals surface area contributed by atoms with Crippen molar-refractivity contribution in [2.45, 2.75) is 38.8 Å². The van der Waals surface area contributed by atoms with Crippen molar-refractivity contribution in [1.29, 1.82) is 0 Å². The van der Waals surface area contributed by atoms with Crippen molar-refractivity contribution in [1.82, 2.24) is 0 Å². The Bertz CT molecular complexity index is 431. The average Bonchev–Trinajstić information content (AvgIpc) is 2.39. The van der Waals surface area contributed by atoms with Gasteiger partial charge in [0.15, 0.2) is 0 Å². The molecule has 0 saturated heterocycles. The van der Waals surface area contributed by atoms with Gasteiger partial charge in [-0.1, -0.05) is 6.92 Å². The third-order valence-electron chi connectivity index (χ3n) is 2.78. The highest BCUT2D eigenvalue weighted by molar-refractivity contribution is 5.92. The summed E-state index contributed by atoms with van der Waals surface area (Å²) >= 11 is 0. The maximum absolute atomic E-state index is 12.9. The fourth-order valence-electron chi connectivity index (χ4n) is 1.61. The van der Waals surface area contributed by atoms with E-state index in [2.05, 4.69) is 5.32 Å². The van der Waals surface area contributed by atoms with Crippen LogP contribution in [0.2, 0.25) is 0 Å². The van der Waals surface area contributed by atoms with Crippen LogP contribution in [0.5, 0.6) is 0 Å². The Balaban J connectivity index is 2.38. The van der Waals surface area contributed by atoms with Gasteiger partial charge in [-0.2, -0.15) is 0 Å². The minimum Gasteiger partial charge on any atom is -0.478 e. The minimum atomic E-state index is -1.01. The first-order valence-electron chi connectivity index (χ1n) is 6.30. The summed E-state index contributed by atoms with van der Waals surface area (Å²) in [6.45, 7) is 1.77. The van der Waals surface area contributed by atoms with E-state index >= 15 is 0 Å². The Morgan fingerprint density at radius 1 is 1.32 bits per heavy atom. The van der Waals surface area contributed by atoms with Crippen LogP contribution >= 0.6 is 0 Å². The molecule has 0 spiro atoms. The number of rotatable bonds is 7. The smallest absolute Gasteiger partial charge is 0.335 e. The maximum Gasteiger partial charge on any atom is 0.335 e. The van der Waals surface area contributed by atoms with Crippen molar-refractivity contribution in [2.24, 2.45) is 0 Å². The molecule has 1 aromatic carbocycles. The molecule has 5 heteroatoms. The Hall–Kier alpha value is -1.91. The number of carboxylic acid groups (broad SMARTS) is 1. The predicted octanol–water partition coefficient (Wildman–Crippen LogP) is 3.24. The molecule has 0 aliphatic carbocycles. The van der Waals surface area contributed by atoms with Crippen molar-refractivity contribution in [3.8, 4) is 0 Å². The first-order chi connectivity index (χ1) is 9.02. The molecule has 1 atom stereocenters. The summed E-state index contributed by atoms with van der Waals surface area (Å²) in [4.78, 5) is 22.2. The van der Waals surface area contributed by atoms with Crippen molar-refractivity contribution in [2.75, 3.05) is 5.32 Å². The topological polar surface area (TPSA) is 66.4 Å². The highest BCUT2D eigenvalue weighted by Gasteiger charge is 2.07. The molecule has 1 amide bonds. The van der Waals surface area contributed by atoms with Crippen LogP contribution in [0.3, 0.4) is 0 Å². The third kappa shape index (κ3) is 5.50. The lowest BCUT2D eigenvalue weighted by molar-refractivity contribution is -0.116. The second-order valence-corrected chi connectivity index (χ2v) is 4.33. The maximum atomic E-state index is 12.9. The number of hydrogen-bond donors (Lipinski definition) is 2. The van der Waals surface area contributed by atoms with E-state index in [9.17, 15) is 14.0 Å². The normalized spacial score (nSPS) is 11.9. The number of nitrogens with one attached hydrogen (secondary N) is 1. The molecule has 0 aromatic heterocycles. The van der Waals surface area contributed by atoms with E-state index in [0.717, 1.165) is 0 Å². The zero-order valence-corrected chi connectivity index (χ0v) is 10.9. The standard InChI is InChI=1S/C14H18FNO3/c1-2-11(15)4-3-5-13(17)16-12-8-6-10(7-9-12)14(18)19/h6-9,11H,2-5H2,1H3,(H,16,17)(H,18,19). The molecule has 1 aromatic rings. The highest BCUT2D eigenvalue weighted by Crippen LogP contribution is 2.12. The zero-order chi connectivity index (χ0) is 14.3. The summed E-state index contributed by atoms with van der Waals surface area (Å²) in [7, 11) is 0. The Labute approximate surface area is 111 Å². The number of carbonyl (C=O) groups is 2. The predicted molar refractivity (Wildman–Crippen MR) is 71.1 cm³/mol. The van der Waals surface area contributed by atoms with E-state index in [4.69, 9.17) is 5.11 Å². The van der Waals surface area contributed by atoms with Gasteiger partial charge < -0.3 is 10.4 Å². The fraction of sp³-hybridized carbons (Fsp3) is 0.429. The van der Waals surface area contributed by atoms with Crippen LogP contribution in [0.4, 0.5) is 10.1 Å². The number of aromatic carboxylic acids is 1. The number of hydrogen-bond acceptors (Lipinski definition) is 2. The van der Waals surface area contributed by atoms with Gasteiger partial charge in [0.05, 0.1) is 11.7 Å². The fourth-order valence-corrected chi connectivity index (χ4v) is 1.61. The van der Waals surface area contributed by atoms with Crippen LogP contribution < -0.4 is 5.32 Å². The summed E-state index contributed by atoms with van der Waals surface area (Å²) in [5.74, 6) is -1.20. The zero-order valence-electron chi connectivity index (χ0n) is 10.9. The summed E-state index contributed by atoms with van der Waals surface area (Å²) < 4.78 is 12.9. The van der Waals surface area contributed by atoms with E-state index in [1.54, 1.807) is 6.92 Å². The van der Waals surface area contributed by atoms with Crippen molar-refractivity contribution < 1.29 is 19.1 Å². The van der Waals surface area contributed by atoms with Crippen LogP contribution in [-0.4, -0.2) is 23.2 Å². The van der Waals surface area contributed by atoms with Gasteiger partial charge in [-0.15, -0.1) is 0 Å². The van der Waals surface area contributed by atoms with E-state index in [0.29, 0.717) is 24.9 Å². The van der Waals surface area contributed by atoms with Crippen LogP contribution in [0.1, 0.15) is 43.0 Å². The van der Waals surface area contributed by atoms with Gasteiger partial charge in [0.2, 0.25) is 5.91 Å². The Morgan fingerprint density at radius 3 is 2.47 bits per heavy atom. The molecule has 0 fully saturated rings. The lowest BCUT2D eigenvalue weighted by atomic mass is 10.1. The van der Waals surface area contributed by atoms with Gasteiger partial charge in [0.25, 0.3) is 0 Å². The molecule has 0 saturated carbocycles. The third-order valence-corrected chi connectivity index (χ3v) is 2.78. The number of anilines is 1. The van der Waals surface area contributed by atoms with Crippen molar-refractivity contribution >= 4 is 17.6 Å². The van der Waals surface area contributed by atoms with Gasteiger partial charge >= 0.3 is 5.97 Å².